The van der Waals surface area contributed by atoms with E-state index in [1.807, 2.05) is 30.3 Å². The summed E-state index contributed by atoms with van der Waals surface area (Å²) in [5.74, 6) is -0.402. The van der Waals surface area contributed by atoms with Gasteiger partial charge in [-0.05, 0) is 23.3 Å². The molecule has 19 heavy (non-hydrogen) atoms. The fraction of sp³-hybridized carbons (Fsp3) is 0.133. The molecule has 0 heterocycles. The van der Waals surface area contributed by atoms with Gasteiger partial charge >= 0.3 is 5.97 Å². The molecule has 0 aliphatic heterocycles. The highest BCUT2D eigenvalue weighted by molar-refractivity contribution is 7.97. The normalized spacial score (nSPS) is 10.4. The van der Waals surface area contributed by atoms with Crippen molar-refractivity contribution in [3.63, 3.8) is 0 Å². The lowest BCUT2D eigenvalue weighted by molar-refractivity contribution is 0.0692. The van der Waals surface area contributed by atoms with E-state index in [2.05, 4.69) is 0 Å². The molecule has 2 aromatic rings. The highest BCUT2D eigenvalue weighted by Crippen LogP contribution is 2.19. The lowest BCUT2D eigenvalue weighted by Crippen LogP contribution is -2.00. The smallest absolute Gasteiger partial charge is 0.338 e. The van der Waals surface area contributed by atoms with E-state index in [0.717, 1.165) is 11.3 Å². The van der Waals surface area contributed by atoms with E-state index in [4.69, 9.17) is 5.11 Å². The summed E-state index contributed by atoms with van der Waals surface area (Å²) in [5, 5.41) is 8.74. The monoisotopic (exact) mass is 276 g/mol. The van der Waals surface area contributed by atoms with Crippen molar-refractivity contribution in [2.45, 2.75) is 11.5 Å². The molecule has 2 aromatic carbocycles. The minimum Gasteiger partial charge on any atom is -0.478 e. The SMILES string of the molecule is O=C(O)c1ccc(CSCc2ccccc2)cc1F. The maximum atomic E-state index is 13.5. The topological polar surface area (TPSA) is 37.3 Å². The van der Waals surface area contributed by atoms with E-state index in [1.165, 1.54) is 17.7 Å². The number of thioether (sulfide) groups is 1. The zero-order valence-electron chi connectivity index (χ0n) is 10.2. The van der Waals surface area contributed by atoms with Gasteiger partial charge in [-0.3, -0.25) is 0 Å². The van der Waals surface area contributed by atoms with Crippen LogP contribution in [0.15, 0.2) is 48.5 Å². The Morgan fingerprint density at radius 1 is 1.05 bits per heavy atom. The summed E-state index contributed by atoms with van der Waals surface area (Å²) in [6, 6.07) is 14.3. The van der Waals surface area contributed by atoms with Crippen molar-refractivity contribution >= 4 is 17.7 Å². The number of carbonyl (C=O) groups is 1. The lowest BCUT2D eigenvalue weighted by atomic mass is 10.1. The number of hydrogen-bond acceptors (Lipinski definition) is 2. The van der Waals surface area contributed by atoms with E-state index >= 15 is 0 Å². The quantitative estimate of drug-likeness (QED) is 0.898. The van der Waals surface area contributed by atoms with E-state index in [9.17, 15) is 9.18 Å². The van der Waals surface area contributed by atoms with Gasteiger partial charge in [-0.1, -0.05) is 36.4 Å². The minimum absolute atomic E-state index is 0.281. The molecule has 0 saturated heterocycles. The Morgan fingerprint density at radius 3 is 2.37 bits per heavy atom. The zero-order chi connectivity index (χ0) is 13.7. The molecular formula is C15H13FO2S. The van der Waals surface area contributed by atoms with E-state index in [1.54, 1.807) is 17.8 Å². The molecule has 4 heteroatoms. The summed E-state index contributed by atoms with van der Waals surface area (Å²) in [6.07, 6.45) is 0. The van der Waals surface area contributed by atoms with Crippen molar-refractivity contribution in [2.75, 3.05) is 0 Å². The Hall–Kier alpha value is -1.81. The third-order valence-corrected chi connectivity index (χ3v) is 3.72. The fourth-order valence-electron chi connectivity index (χ4n) is 1.68. The van der Waals surface area contributed by atoms with E-state index in [0.29, 0.717) is 5.75 Å². The molecule has 0 unspecified atom stereocenters. The summed E-state index contributed by atoms with van der Waals surface area (Å²) in [4.78, 5) is 10.7. The number of carboxylic acids is 1. The Morgan fingerprint density at radius 2 is 1.74 bits per heavy atom. The van der Waals surface area contributed by atoms with Crippen molar-refractivity contribution in [2.24, 2.45) is 0 Å². The summed E-state index contributed by atoms with van der Waals surface area (Å²) in [6.45, 7) is 0. The Kier molecular flexibility index (Phi) is 4.58. The molecule has 2 nitrogen and oxygen atoms in total. The van der Waals surface area contributed by atoms with Gasteiger partial charge in [-0.25, -0.2) is 9.18 Å². The van der Waals surface area contributed by atoms with Gasteiger partial charge in [-0.15, -0.1) is 0 Å². The number of rotatable bonds is 5. The fourth-order valence-corrected chi connectivity index (χ4v) is 2.63. The molecule has 0 amide bonds. The Balaban J connectivity index is 1.93. The number of hydrogen-bond donors (Lipinski definition) is 1. The molecule has 0 aliphatic rings. The molecule has 0 saturated carbocycles. The maximum absolute atomic E-state index is 13.5. The molecule has 0 spiro atoms. The molecular weight excluding hydrogens is 263 g/mol. The highest BCUT2D eigenvalue weighted by Gasteiger charge is 2.10. The molecule has 2 rings (SSSR count). The molecule has 1 N–H and O–H groups in total. The molecule has 0 atom stereocenters. The predicted molar refractivity (Wildman–Crippen MR) is 74.8 cm³/mol. The van der Waals surface area contributed by atoms with Gasteiger partial charge in [0.15, 0.2) is 0 Å². The van der Waals surface area contributed by atoms with Crippen molar-refractivity contribution in [1.29, 1.82) is 0 Å². The second-order valence-corrected chi connectivity index (χ2v) is 5.08. The number of benzene rings is 2. The van der Waals surface area contributed by atoms with Crippen LogP contribution in [0.25, 0.3) is 0 Å². The molecule has 0 fully saturated rings. The van der Waals surface area contributed by atoms with Crippen LogP contribution in [0.5, 0.6) is 0 Å². The first-order valence-corrected chi connectivity index (χ1v) is 6.95. The van der Waals surface area contributed by atoms with Crippen LogP contribution in [0.1, 0.15) is 21.5 Å². The van der Waals surface area contributed by atoms with Gasteiger partial charge in [0.05, 0.1) is 5.56 Å². The van der Waals surface area contributed by atoms with Gasteiger partial charge in [0.25, 0.3) is 0 Å². The number of halogens is 1. The highest BCUT2D eigenvalue weighted by atomic mass is 32.2. The van der Waals surface area contributed by atoms with Crippen molar-refractivity contribution < 1.29 is 14.3 Å². The van der Waals surface area contributed by atoms with Crippen LogP contribution in [-0.2, 0) is 11.5 Å². The Bertz CT molecular complexity index is 570. The molecule has 98 valence electrons. The van der Waals surface area contributed by atoms with Crippen LogP contribution in [0, 0.1) is 5.82 Å². The Labute approximate surface area is 115 Å². The third kappa shape index (κ3) is 3.83. The first-order valence-electron chi connectivity index (χ1n) is 5.80. The average Bonchev–Trinajstić information content (AvgIpc) is 2.39. The summed E-state index contributed by atoms with van der Waals surface area (Å²) < 4.78 is 13.5. The van der Waals surface area contributed by atoms with Crippen molar-refractivity contribution in [3.05, 3.63) is 71.0 Å². The van der Waals surface area contributed by atoms with Crippen LogP contribution < -0.4 is 0 Å². The van der Waals surface area contributed by atoms with E-state index in [-0.39, 0.29) is 5.56 Å². The largest absolute Gasteiger partial charge is 0.478 e. The molecule has 0 radical (unpaired) electrons. The predicted octanol–water partition coefficient (Wildman–Crippen LogP) is 3.96. The molecule has 0 bridgehead atoms. The van der Waals surface area contributed by atoms with Crippen molar-refractivity contribution in [3.8, 4) is 0 Å². The average molecular weight is 276 g/mol. The lowest BCUT2D eigenvalue weighted by Gasteiger charge is -2.04. The van der Waals surface area contributed by atoms with Crippen LogP contribution in [-0.4, -0.2) is 11.1 Å². The number of carboxylic acid groups (broad SMARTS) is 1. The first kappa shape index (κ1) is 13.6. The summed E-state index contributed by atoms with van der Waals surface area (Å²) in [7, 11) is 0. The van der Waals surface area contributed by atoms with Crippen LogP contribution >= 0.6 is 11.8 Å². The summed E-state index contributed by atoms with van der Waals surface area (Å²) >= 11 is 1.67. The second-order valence-electron chi connectivity index (χ2n) is 4.10. The third-order valence-electron chi connectivity index (χ3n) is 2.64. The van der Waals surface area contributed by atoms with Gasteiger partial charge in [0.2, 0.25) is 0 Å². The van der Waals surface area contributed by atoms with Crippen molar-refractivity contribution in [1.82, 2.24) is 0 Å². The second kappa shape index (κ2) is 6.38. The summed E-state index contributed by atoms with van der Waals surface area (Å²) in [5.41, 5.74) is 1.73. The zero-order valence-corrected chi connectivity index (χ0v) is 11.0. The van der Waals surface area contributed by atoms with Gasteiger partial charge < -0.3 is 5.11 Å². The maximum Gasteiger partial charge on any atom is 0.338 e. The van der Waals surface area contributed by atoms with Crippen LogP contribution in [0.4, 0.5) is 4.39 Å². The van der Waals surface area contributed by atoms with Crippen LogP contribution in [0.2, 0.25) is 0 Å². The van der Waals surface area contributed by atoms with Gasteiger partial charge in [0.1, 0.15) is 5.82 Å². The van der Waals surface area contributed by atoms with Gasteiger partial charge in [-0.2, -0.15) is 11.8 Å². The van der Waals surface area contributed by atoms with Crippen LogP contribution in [0.3, 0.4) is 0 Å². The van der Waals surface area contributed by atoms with Gasteiger partial charge in [0, 0.05) is 11.5 Å². The standard InChI is InChI=1S/C15H13FO2S/c16-14-8-12(6-7-13(14)15(17)18)10-19-9-11-4-2-1-3-5-11/h1-8H,9-10H2,(H,17,18). The first-order chi connectivity index (χ1) is 9.16. The molecule has 0 aliphatic carbocycles. The molecule has 0 aromatic heterocycles. The van der Waals surface area contributed by atoms with E-state index < -0.39 is 11.8 Å². The minimum atomic E-state index is -1.24. The number of aromatic carboxylic acids is 1.